The number of ether oxygens (including phenoxy) is 2. The molecule has 4 rings (SSSR count). The number of benzene rings is 1. The number of amides is 2. The Labute approximate surface area is 202 Å². The van der Waals surface area contributed by atoms with Gasteiger partial charge in [0.15, 0.2) is 5.82 Å². The van der Waals surface area contributed by atoms with Crippen molar-refractivity contribution in [2.24, 2.45) is 0 Å². The average molecular weight is 484 g/mol. The summed E-state index contributed by atoms with van der Waals surface area (Å²) in [6.07, 6.45) is 0.266. The van der Waals surface area contributed by atoms with Crippen LogP contribution >= 0.6 is 11.3 Å². The maximum atomic E-state index is 12.9. The van der Waals surface area contributed by atoms with Crippen molar-refractivity contribution in [3.8, 4) is 5.88 Å². The van der Waals surface area contributed by atoms with Gasteiger partial charge in [0.1, 0.15) is 11.4 Å². The summed E-state index contributed by atoms with van der Waals surface area (Å²) < 4.78 is 10.5. The first kappa shape index (κ1) is 23.9. The van der Waals surface area contributed by atoms with Gasteiger partial charge in [0.2, 0.25) is 11.8 Å². The van der Waals surface area contributed by atoms with Crippen molar-refractivity contribution < 1.29 is 19.1 Å². The predicted molar refractivity (Wildman–Crippen MR) is 132 cm³/mol. The first-order valence-corrected chi connectivity index (χ1v) is 12.0. The fourth-order valence-corrected chi connectivity index (χ4v) is 5.18. The summed E-state index contributed by atoms with van der Waals surface area (Å²) in [4.78, 5) is 39.7. The average Bonchev–Trinajstić information content (AvgIpc) is 3.20. The smallest absolute Gasteiger partial charge is 0.261 e. The Morgan fingerprint density at radius 2 is 1.82 bits per heavy atom. The zero-order valence-electron chi connectivity index (χ0n) is 19.7. The predicted octanol–water partition coefficient (Wildman–Crippen LogP) is 2.62. The van der Waals surface area contributed by atoms with E-state index in [1.807, 2.05) is 30.0 Å². The summed E-state index contributed by atoms with van der Waals surface area (Å²) in [5.41, 5.74) is 1.94. The largest absolute Gasteiger partial charge is 0.480 e. The lowest BCUT2D eigenvalue weighted by molar-refractivity contribution is -0.131. The number of hydrogen-bond donors (Lipinski definition) is 1. The third kappa shape index (κ3) is 5.13. The van der Waals surface area contributed by atoms with Crippen LogP contribution in [0.2, 0.25) is 0 Å². The van der Waals surface area contributed by atoms with Gasteiger partial charge in [-0.15, -0.1) is 11.3 Å². The zero-order chi connectivity index (χ0) is 24.1. The monoisotopic (exact) mass is 483 g/mol. The van der Waals surface area contributed by atoms with Crippen molar-refractivity contribution >= 4 is 39.1 Å². The Bertz CT molecular complexity index is 1160. The van der Waals surface area contributed by atoms with E-state index in [1.54, 1.807) is 14.2 Å². The van der Waals surface area contributed by atoms with Gasteiger partial charge < -0.3 is 24.6 Å². The highest BCUT2D eigenvalue weighted by Crippen LogP contribution is 2.35. The number of rotatable bonds is 8. The molecule has 10 heteroatoms. The number of thiophene rings is 1. The molecule has 9 nitrogen and oxygen atoms in total. The van der Waals surface area contributed by atoms with Gasteiger partial charge in [-0.25, -0.2) is 4.98 Å². The van der Waals surface area contributed by atoms with E-state index in [2.05, 4.69) is 32.3 Å². The molecule has 1 fully saturated rings. The maximum Gasteiger partial charge on any atom is 0.261 e. The molecule has 0 atom stereocenters. The number of carbonyl (C=O) groups is 2. The van der Waals surface area contributed by atoms with Gasteiger partial charge in [-0.1, -0.05) is 18.2 Å². The second-order valence-electron chi connectivity index (χ2n) is 8.03. The van der Waals surface area contributed by atoms with Crippen LogP contribution in [0.25, 0.3) is 10.2 Å². The molecular formula is C24H29N5O4S. The minimum Gasteiger partial charge on any atom is -0.480 e. The first-order chi connectivity index (χ1) is 16.5. The number of aromatic nitrogens is 2. The number of carbonyl (C=O) groups excluding carboxylic acids is 2. The molecule has 3 aromatic rings. The number of piperazine rings is 1. The third-order valence-electron chi connectivity index (χ3n) is 5.85. The molecule has 0 unspecified atom stereocenters. The molecule has 0 bridgehead atoms. The second kappa shape index (κ2) is 10.8. The minimum atomic E-state index is -0.224. The SMILES string of the molecule is COCc1nc(OC)c2c(C)c(C(=O)NCCC(=O)N3CCN(c4ccccc4)CC3)sc2n1. The fourth-order valence-electron chi connectivity index (χ4n) is 4.08. The molecule has 1 N–H and O–H groups in total. The normalized spacial score (nSPS) is 13.9. The highest BCUT2D eigenvalue weighted by atomic mass is 32.1. The van der Waals surface area contributed by atoms with Gasteiger partial charge in [0.25, 0.3) is 5.91 Å². The van der Waals surface area contributed by atoms with E-state index in [9.17, 15) is 9.59 Å². The lowest BCUT2D eigenvalue weighted by Gasteiger charge is -2.36. The Hall–Kier alpha value is -3.24. The zero-order valence-corrected chi connectivity index (χ0v) is 20.5. The van der Waals surface area contributed by atoms with Gasteiger partial charge >= 0.3 is 0 Å². The summed E-state index contributed by atoms with van der Waals surface area (Å²) in [5, 5.41) is 3.61. The van der Waals surface area contributed by atoms with E-state index >= 15 is 0 Å². The number of para-hydroxylation sites is 1. The molecule has 180 valence electrons. The van der Waals surface area contributed by atoms with Crippen molar-refractivity contribution in [3.05, 3.63) is 46.6 Å². The van der Waals surface area contributed by atoms with Crippen LogP contribution in [0.15, 0.2) is 30.3 Å². The number of hydrogen-bond acceptors (Lipinski definition) is 8. The molecule has 0 saturated carbocycles. The van der Waals surface area contributed by atoms with Crippen molar-refractivity contribution in [3.63, 3.8) is 0 Å². The lowest BCUT2D eigenvalue weighted by Crippen LogP contribution is -2.49. The molecule has 0 aliphatic carbocycles. The second-order valence-corrected chi connectivity index (χ2v) is 9.03. The fraction of sp³-hybridized carbons (Fsp3) is 0.417. The molecule has 34 heavy (non-hydrogen) atoms. The van der Waals surface area contributed by atoms with Crippen LogP contribution < -0.4 is 15.0 Å². The summed E-state index contributed by atoms with van der Waals surface area (Å²) in [6, 6.07) is 10.2. The highest BCUT2D eigenvalue weighted by molar-refractivity contribution is 7.20. The molecule has 1 aromatic carbocycles. The summed E-state index contributed by atoms with van der Waals surface area (Å²) >= 11 is 1.29. The van der Waals surface area contributed by atoms with Crippen LogP contribution in [0.5, 0.6) is 5.88 Å². The van der Waals surface area contributed by atoms with Crippen LogP contribution in [-0.2, 0) is 16.1 Å². The summed E-state index contributed by atoms with van der Waals surface area (Å²) in [7, 11) is 3.11. The van der Waals surface area contributed by atoms with Crippen LogP contribution in [0.4, 0.5) is 5.69 Å². The minimum absolute atomic E-state index is 0.0535. The molecule has 0 radical (unpaired) electrons. The first-order valence-electron chi connectivity index (χ1n) is 11.2. The van der Waals surface area contributed by atoms with Crippen molar-refractivity contribution in [2.75, 3.05) is 51.8 Å². The molecule has 1 aliphatic heterocycles. The van der Waals surface area contributed by atoms with Crippen LogP contribution in [0.3, 0.4) is 0 Å². The van der Waals surface area contributed by atoms with Crippen molar-refractivity contribution in [2.45, 2.75) is 20.0 Å². The molecule has 1 aliphatic rings. The number of methoxy groups -OCH3 is 2. The number of anilines is 1. The van der Waals surface area contributed by atoms with E-state index in [4.69, 9.17) is 9.47 Å². The number of fused-ring (bicyclic) bond motifs is 1. The van der Waals surface area contributed by atoms with Crippen LogP contribution in [-0.4, -0.2) is 73.6 Å². The van der Waals surface area contributed by atoms with E-state index in [0.29, 0.717) is 34.5 Å². The molecule has 1 saturated heterocycles. The number of nitrogens with one attached hydrogen (secondary N) is 1. The molecular weight excluding hydrogens is 454 g/mol. The van der Waals surface area contributed by atoms with Gasteiger partial charge in [0, 0.05) is 51.9 Å². The highest BCUT2D eigenvalue weighted by Gasteiger charge is 2.23. The lowest BCUT2D eigenvalue weighted by atomic mass is 10.2. The van der Waals surface area contributed by atoms with Crippen molar-refractivity contribution in [1.29, 1.82) is 0 Å². The maximum absolute atomic E-state index is 12.9. The standard InChI is InChI=1S/C24H29N5O4S/c1-16-20-23(33-3)26-18(15-32-2)27-24(20)34-21(16)22(31)25-10-9-19(30)29-13-11-28(12-14-29)17-7-5-4-6-8-17/h4-8H,9-15H2,1-3H3,(H,25,31). The number of aryl methyl sites for hydroxylation is 1. The van der Waals surface area contributed by atoms with E-state index in [1.165, 1.54) is 17.0 Å². The Balaban J connectivity index is 1.32. The topological polar surface area (TPSA) is 96.9 Å². The summed E-state index contributed by atoms with van der Waals surface area (Å²) in [6.45, 7) is 5.36. The van der Waals surface area contributed by atoms with E-state index in [-0.39, 0.29) is 31.4 Å². The quantitative estimate of drug-likeness (QED) is 0.526. The van der Waals surface area contributed by atoms with Gasteiger partial charge in [-0.2, -0.15) is 4.98 Å². The Kier molecular flexibility index (Phi) is 7.59. The molecule has 0 spiro atoms. The van der Waals surface area contributed by atoms with Crippen LogP contribution in [0, 0.1) is 6.92 Å². The van der Waals surface area contributed by atoms with Gasteiger partial charge in [-0.05, 0) is 24.6 Å². The Morgan fingerprint density at radius 1 is 1.09 bits per heavy atom. The van der Waals surface area contributed by atoms with E-state index in [0.717, 1.165) is 24.0 Å². The third-order valence-corrected chi connectivity index (χ3v) is 7.04. The number of nitrogens with zero attached hydrogens (tertiary/aromatic N) is 4. The molecule has 2 amide bonds. The summed E-state index contributed by atoms with van der Waals surface area (Å²) in [5.74, 6) is 0.753. The van der Waals surface area contributed by atoms with E-state index < -0.39 is 0 Å². The van der Waals surface area contributed by atoms with Crippen LogP contribution in [0.1, 0.15) is 27.5 Å². The Morgan fingerprint density at radius 3 is 2.50 bits per heavy atom. The van der Waals surface area contributed by atoms with Gasteiger partial charge in [-0.3, -0.25) is 9.59 Å². The molecule has 3 heterocycles. The van der Waals surface area contributed by atoms with Gasteiger partial charge in [0.05, 0.1) is 17.4 Å². The van der Waals surface area contributed by atoms with Crippen molar-refractivity contribution in [1.82, 2.24) is 20.2 Å². The molecule has 2 aromatic heterocycles.